The molecule has 2 heterocycles. The third kappa shape index (κ3) is 4.51. The van der Waals surface area contributed by atoms with E-state index in [0.717, 1.165) is 30.8 Å². The van der Waals surface area contributed by atoms with Crippen molar-refractivity contribution in [1.82, 2.24) is 4.90 Å². The van der Waals surface area contributed by atoms with Crippen LogP contribution in [0, 0.1) is 12.8 Å². The van der Waals surface area contributed by atoms with Crippen LogP contribution in [0.25, 0.3) is 0 Å². The molecule has 1 saturated heterocycles. The van der Waals surface area contributed by atoms with Gasteiger partial charge in [-0.2, -0.15) is 0 Å². The van der Waals surface area contributed by atoms with Crippen molar-refractivity contribution >= 4 is 17.5 Å². The predicted octanol–water partition coefficient (Wildman–Crippen LogP) is 0.694. The maximum Gasteiger partial charge on any atom is 0.291 e. The van der Waals surface area contributed by atoms with E-state index in [0.29, 0.717) is 17.9 Å². The Kier molecular flexibility index (Phi) is 7.17. The van der Waals surface area contributed by atoms with E-state index in [-0.39, 0.29) is 5.78 Å². The Labute approximate surface area is 183 Å². The molecule has 2 N–H and O–H groups in total. The smallest absolute Gasteiger partial charge is 0.291 e. The average molecular weight is 426 g/mol. The first kappa shape index (κ1) is 22.6. The number of aromatic amines is 1. The highest BCUT2D eigenvalue weighted by molar-refractivity contribution is 6.44. The Balaban J connectivity index is 1.99. The summed E-state index contributed by atoms with van der Waals surface area (Å²) >= 11 is 0. The molecule has 1 fully saturated rings. The van der Waals surface area contributed by atoms with Crippen LogP contribution >= 0.6 is 0 Å². The minimum atomic E-state index is -1.06. The average Bonchev–Trinajstić information content (AvgIpc) is 3.04. The second-order valence-electron chi connectivity index (χ2n) is 7.87. The van der Waals surface area contributed by atoms with Gasteiger partial charge in [-0.25, -0.2) is 4.98 Å². The molecular weight excluding hydrogens is 394 g/mol. The van der Waals surface area contributed by atoms with Crippen molar-refractivity contribution in [3.05, 3.63) is 59.4 Å². The van der Waals surface area contributed by atoms with Crippen molar-refractivity contribution in [1.29, 1.82) is 0 Å². The summed E-state index contributed by atoms with van der Waals surface area (Å²) in [6, 6.07) is 8.14. The van der Waals surface area contributed by atoms with Gasteiger partial charge in [-0.1, -0.05) is 0 Å². The van der Waals surface area contributed by atoms with Gasteiger partial charge in [0.25, 0.3) is 5.91 Å². The largest absolute Gasteiger partial charge is 0.496 e. The number of rotatable bonds is 9. The molecule has 7 nitrogen and oxygen atoms in total. The van der Waals surface area contributed by atoms with Crippen molar-refractivity contribution in [3.63, 3.8) is 0 Å². The highest BCUT2D eigenvalue weighted by atomic mass is 16.5. The van der Waals surface area contributed by atoms with Crippen LogP contribution in [0.4, 0.5) is 0 Å². The molecule has 2 unspecified atom stereocenters. The van der Waals surface area contributed by atoms with E-state index >= 15 is 0 Å². The second kappa shape index (κ2) is 9.83. The van der Waals surface area contributed by atoms with Gasteiger partial charge in [0.1, 0.15) is 11.7 Å². The molecule has 2 atom stereocenters. The molecule has 31 heavy (non-hydrogen) atoms. The number of aromatic nitrogens is 1. The predicted molar refractivity (Wildman–Crippen MR) is 115 cm³/mol. The number of carbonyl (C=O) groups excluding carboxylic acids is 3. The number of ketones is 2. The van der Waals surface area contributed by atoms with Gasteiger partial charge >= 0.3 is 0 Å². The van der Waals surface area contributed by atoms with Gasteiger partial charge in [-0.05, 0) is 50.1 Å². The van der Waals surface area contributed by atoms with Gasteiger partial charge in [-0.3, -0.25) is 14.4 Å². The van der Waals surface area contributed by atoms with Crippen LogP contribution in [0.15, 0.2) is 42.7 Å². The second-order valence-corrected chi connectivity index (χ2v) is 7.87. The number of hydrogen-bond donors (Lipinski definition) is 1. The summed E-state index contributed by atoms with van der Waals surface area (Å²) in [7, 11) is 1.57. The minimum absolute atomic E-state index is 0.334. The number of nitrogens with zero attached hydrogens (tertiary/aromatic N) is 1. The van der Waals surface area contributed by atoms with Crippen LogP contribution in [-0.4, -0.2) is 55.7 Å². The fraction of sp³-hybridized carbons (Fsp3) is 0.417. The Morgan fingerprint density at radius 3 is 2.39 bits per heavy atom. The molecule has 7 heteroatoms. The molecule has 2 aromatic rings. The highest BCUT2D eigenvalue weighted by Gasteiger charge is 2.51. The molecule has 164 valence electrons. The quantitative estimate of drug-likeness (QED) is 0.364. The number of H-pyrrole nitrogens is 1. The molecule has 0 spiro atoms. The molecule has 0 bridgehead atoms. The van der Waals surface area contributed by atoms with Gasteiger partial charge in [0, 0.05) is 17.7 Å². The Hall–Kier alpha value is -3.06. The van der Waals surface area contributed by atoms with Gasteiger partial charge in [0.05, 0.1) is 39.3 Å². The van der Waals surface area contributed by atoms with Gasteiger partial charge < -0.3 is 14.5 Å². The summed E-state index contributed by atoms with van der Waals surface area (Å²) in [6.07, 6.45) is 3.49. The van der Waals surface area contributed by atoms with Crippen LogP contribution < -0.4 is 14.6 Å². The number of ether oxygens (including phenoxy) is 1. The standard InChI is InChI=1S/C24H29N3O4/c1-5-26(6-2)13-14-27-21(17-9-11-25-12-10-17)20(23(29)24(27)30)22(28)18-7-8-19(31-4)16(3)15-18/h7-12,15,20-21H,5-6,13-14H2,1-4H3/p+2. The first-order valence-corrected chi connectivity index (χ1v) is 10.8. The summed E-state index contributed by atoms with van der Waals surface area (Å²) in [4.78, 5) is 45.4. The number of methoxy groups -OCH3 is 1. The number of pyridine rings is 1. The van der Waals surface area contributed by atoms with Crippen LogP contribution in [0.3, 0.4) is 0 Å². The maximum absolute atomic E-state index is 13.5. The molecule has 1 aliphatic rings. The maximum atomic E-state index is 13.5. The number of likely N-dealkylation sites (tertiary alicyclic amines) is 1. The lowest BCUT2D eigenvalue weighted by Gasteiger charge is -2.28. The lowest BCUT2D eigenvalue weighted by atomic mass is 9.86. The molecule has 1 aromatic heterocycles. The van der Waals surface area contributed by atoms with Crippen molar-refractivity contribution in [2.24, 2.45) is 5.92 Å². The number of carbonyl (C=O) groups is 3. The van der Waals surface area contributed by atoms with E-state index < -0.39 is 23.7 Å². The minimum Gasteiger partial charge on any atom is -0.496 e. The zero-order valence-corrected chi connectivity index (χ0v) is 18.6. The van der Waals surface area contributed by atoms with Crippen molar-refractivity contribution in [3.8, 4) is 5.75 Å². The third-order valence-corrected chi connectivity index (χ3v) is 6.16. The molecule has 1 amide bonds. The van der Waals surface area contributed by atoms with E-state index in [1.54, 1.807) is 42.6 Å². The Morgan fingerprint density at radius 1 is 1.13 bits per heavy atom. The monoisotopic (exact) mass is 425 g/mol. The number of likely N-dealkylation sites (N-methyl/N-ethyl adjacent to an activating group) is 1. The van der Waals surface area contributed by atoms with E-state index in [1.807, 2.05) is 19.1 Å². The summed E-state index contributed by atoms with van der Waals surface area (Å²) in [6.45, 7) is 9.06. The normalized spacial score (nSPS) is 18.7. The van der Waals surface area contributed by atoms with Crippen molar-refractivity contribution < 1.29 is 29.0 Å². The Morgan fingerprint density at radius 2 is 1.81 bits per heavy atom. The fourth-order valence-electron chi connectivity index (χ4n) is 4.29. The number of nitrogens with one attached hydrogen (secondary N) is 2. The van der Waals surface area contributed by atoms with Crippen LogP contribution in [0.5, 0.6) is 5.75 Å². The number of Topliss-reactive ketones (excluding diaryl/α,β-unsaturated/α-hetero) is 2. The van der Waals surface area contributed by atoms with Crippen molar-refractivity contribution in [2.45, 2.75) is 26.8 Å². The number of amides is 1. The number of hydrogen-bond acceptors (Lipinski definition) is 4. The first-order chi connectivity index (χ1) is 14.9. The van der Waals surface area contributed by atoms with Gasteiger partial charge in [-0.15, -0.1) is 0 Å². The Bertz CT molecular complexity index is 957. The topological polar surface area (TPSA) is 82.3 Å². The molecule has 0 saturated carbocycles. The first-order valence-electron chi connectivity index (χ1n) is 10.8. The molecule has 1 aliphatic heterocycles. The van der Waals surface area contributed by atoms with Gasteiger partial charge in [0.15, 0.2) is 18.2 Å². The van der Waals surface area contributed by atoms with E-state index in [9.17, 15) is 14.4 Å². The summed E-state index contributed by atoms with van der Waals surface area (Å²) in [5, 5.41) is 0. The van der Waals surface area contributed by atoms with Gasteiger partial charge in [0.2, 0.25) is 5.78 Å². The summed E-state index contributed by atoms with van der Waals surface area (Å²) in [5.41, 5.74) is 1.99. The third-order valence-electron chi connectivity index (χ3n) is 6.16. The highest BCUT2D eigenvalue weighted by Crippen LogP contribution is 2.38. The molecule has 0 radical (unpaired) electrons. The number of quaternary nitrogens is 1. The molecule has 0 aliphatic carbocycles. The molecule has 3 rings (SSSR count). The van der Waals surface area contributed by atoms with Crippen LogP contribution in [0.2, 0.25) is 0 Å². The summed E-state index contributed by atoms with van der Waals surface area (Å²) in [5.74, 6) is -1.93. The number of benzene rings is 1. The SMILES string of the molecule is CC[NH+](CC)CCN1C(=O)C(=O)C(C(=O)c2ccc(OC)c(C)c2)C1c1cc[nH+]cc1. The lowest BCUT2D eigenvalue weighted by molar-refractivity contribution is -0.895. The van der Waals surface area contributed by atoms with E-state index in [4.69, 9.17) is 4.74 Å². The lowest BCUT2D eigenvalue weighted by Crippen LogP contribution is -3.12. The van der Waals surface area contributed by atoms with E-state index in [2.05, 4.69) is 18.8 Å². The molecule has 1 aromatic carbocycles. The fourth-order valence-corrected chi connectivity index (χ4v) is 4.29. The zero-order valence-electron chi connectivity index (χ0n) is 18.6. The summed E-state index contributed by atoms with van der Waals surface area (Å²) < 4.78 is 5.28. The number of aryl methyl sites for hydroxylation is 1. The van der Waals surface area contributed by atoms with E-state index in [1.165, 1.54) is 4.90 Å². The zero-order chi connectivity index (χ0) is 22.5. The van der Waals surface area contributed by atoms with Crippen LogP contribution in [0.1, 0.15) is 41.4 Å². The molecular formula is C24H31N3O4+2. The van der Waals surface area contributed by atoms with Crippen LogP contribution in [-0.2, 0) is 9.59 Å². The van der Waals surface area contributed by atoms with Crippen molar-refractivity contribution in [2.75, 3.05) is 33.3 Å².